The van der Waals surface area contributed by atoms with Crippen LogP contribution in [0.3, 0.4) is 0 Å². The van der Waals surface area contributed by atoms with Crippen molar-refractivity contribution in [2.45, 2.75) is 51.6 Å². The van der Waals surface area contributed by atoms with E-state index in [0.717, 1.165) is 19.3 Å². The second kappa shape index (κ2) is 9.25. The van der Waals surface area contributed by atoms with E-state index in [0.29, 0.717) is 41.9 Å². The molecule has 0 saturated heterocycles. The number of benzene rings is 1. The summed E-state index contributed by atoms with van der Waals surface area (Å²) in [5, 5.41) is 0. The molecule has 0 bridgehead atoms. The minimum Gasteiger partial charge on any atom is -0.497 e. The van der Waals surface area contributed by atoms with Crippen molar-refractivity contribution in [3.8, 4) is 11.5 Å². The molecule has 0 unspecified atom stereocenters. The van der Waals surface area contributed by atoms with E-state index >= 15 is 0 Å². The van der Waals surface area contributed by atoms with Gasteiger partial charge in [-0.3, -0.25) is 4.79 Å². The maximum atomic E-state index is 12.7. The lowest BCUT2D eigenvalue weighted by Gasteiger charge is -2.17. The number of ether oxygens (including phenoxy) is 3. The van der Waals surface area contributed by atoms with Gasteiger partial charge in [-0.05, 0) is 44.2 Å². The van der Waals surface area contributed by atoms with Crippen LogP contribution in [0.1, 0.15) is 61.4 Å². The van der Waals surface area contributed by atoms with E-state index in [1.165, 1.54) is 7.11 Å². The van der Waals surface area contributed by atoms with Crippen molar-refractivity contribution in [3.63, 3.8) is 0 Å². The van der Waals surface area contributed by atoms with E-state index in [-0.39, 0.29) is 11.9 Å². The van der Waals surface area contributed by atoms with Gasteiger partial charge in [-0.15, -0.1) is 0 Å². The van der Waals surface area contributed by atoms with Crippen LogP contribution >= 0.6 is 0 Å². The Balaban J connectivity index is 2.39. The van der Waals surface area contributed by atoms with Gasteiger partial charge in [0.25, 0.3) is 0 Å². The number of carbonyl (C=O) groups excluding carboxylic acids is 2. The van der Waals surface area contributed by atoms with Gasteiger partial charge in [0.2, 0.25) is 0 Å². The first-order chi connectivity index (χ1) is 12.0. The van der Waals surface area contributed by atoms with Gasteiger partial charge in [0, 0.05) is 18.9 Å². The molecule has 0 fully saturated rings. The standard InChI is InChI=1S/C20H26O5/c1-14-8-7-11-16(21)10-6-4-5-9-15-12-17(23-2)13-18(24-3)19(15)20(22)25-14/h5,9,12-14H,4,6-8,10-11H2,1-3H3/t14-/m0/s1. The Labute approximate surface area is 149 Å². The van der Waals surface area contributed by atoms with Crippen LogP contribution in [0.25, 0.3) is 6.08 Å². The smallest absolute Gasteiger partial charge is 0.342 e. The predicted octanol–water partition coefficient (Wildman–Crippen LogP) is 4.19. The highest BCUT2D eigenvalue weighted by Gasteiger charge is 2.21. The summed E-state index contributed by atoms with van der Waals surface area (Å²) in [4.78, 5) is 24.5. The fourth-order valence-corrected chi connectivity index (χ4v) is 2.88. The van der Waals surface area contributed by atoms with Gasteiger partial charge in [0.15, 0.2) is 0 Å². The van der Waals surface area contributed by atoms with Gasteiger partial charge < -0.3 is 14.2 Å². The highest BCUT2D eigenvalue weighted by Crippen LogP contribution is 2.31. The van der Waals surface area contributed by atoms with E-state index in [9.17, 15) is 9.59 Å². The Morgan fingerprint density at radius 2 is 1.84 bits per heavy atom. The molecular weight excluding hydrogens is 320 g/mol. The topological polar surface area (TPSA) is 61.8 Å². The van der Waals surface area contributed by atoms with Crippen molar-refractivity contribution in [1.29, 1.82) is 0 Å². The summed E-state index contributed by atoms with van der Waals surface area (Å²) in [6, 6.07) is 3.47. The fourth-order valence-electron chi connectivity index (χ4n) is 2.88. The molecule has 1 aromatic carbocycles. The first-order valence-corrected chi connectivity index (χ1v) is 8.70. The molecule has 0 amide bonds. The van der Waals surface area contributed by atoms with Gasteiger partial charge in [0.05, 0.1) is 20.3 Å². The molecule has 1 aliphatic rings. The number of ketones is 1. The predicted molar refractivity (Wildman–Crippen MR) is 96.2 cm³/mol. The lowest BCUT2D eigenvalue weighted by atomic mass is 10.0. The summed E-state index contributed by atoms with van der Waals surface area (Å²) in [5.41, 5.74) is 1.09. The average Bonchev–Trinajstić information content (AvgIpc) is 2.59. The molecule has 5 nitrogen and oxygen atoms in total. The molecule has 1 aliphatic heterocycles. The number of rotatable bonds is 2. The molecule has 25 heavy (non-hydrogen) atoms. The highest BCUT2D eigenvalue weighted by atomic mass is 16.5. The number of methoxy groups -OCH3 is 2. The monoisotopic (exact) mass is 346 g/mol. The number of esters is 1. The second-order valence-electron chi connectivity index (χ2n) is 6.24. The Kier molecular flexibility index (Phi) is 7.04. The molecule has 1 aromatic rings. The third-order valence-corrected chi connectivity index (χ3v) is 4.26. The number of Topliss-reactive ketones (excluding diaryl/α,β-unsaturated/α-hetero) is 1. The summed E-state index contributed by atoms with van der Waals surface area (Å²) in [6.07, 6.45) is 7.69. The van der Waals surface area contributed by atoms with Crippen molar-refractivity contribution in [1.82, 2.24) is 0 Å². The normalized spacial score (nSPS) is 19.6. The lowest BCUT2D eigenvalue weighted by Crippen LogP contribution is -2.17. The van der Waals surface area contributed by atoms with Gasteiger partial charge in [0.1, 0.15) is 22.8 Å². The van der Waals surface area contributed by atoms with Crippen LogP contribution in [0.15, 0.2) is 18.2 Å². The first-order valence-electron chi connectivity index (χ1n) is 8.70. The maximum Gasteiger partial charge on any atom is 0.342 e. The van der Waals surface area contributed by atoms with Crippen LogP contribution in [0.4, 0.5) is 0 Å². The number of hydrogen-bond donors (Lipinski definition) is 0. The molecule has 136 valence electrons. The molecule has 0 saturated carbocycles. The molecule has 0 aliphatic carbocycles. The molecule has 0 radical (unpaired) electrons. The van der Waals surface area contributed by atoms with Crippen LogP contribution in [-0.4, -0.2) is 32.1 Å². The third-order valence-electron chi connectivity index (χ3n) is 4.26. The maximum absolute atomic E-state index is 12.7. The molecule has 5 heteroatoms. The number of fused-ring (bicyclic) bond motifs is 1. The molecule has 1 atom stereocenters. The molecular formula is C20H26O5. The quantitative estimate of drug-likeness (QED) is 0.752. The summed E-state index contributed by atoms with van der Waals surface area (Å²) >= 11 is 0. The molecule has 0 N–H and O–H groups in total. The number of cyclic esters (lactones) is 1. The zero-order valence-corrected chi connectivity index (χ0v) is 15.2. The van der Waals surface area contributed by atoms with Gasteiger partial charge in [-0.1, -0.05) is 12.2 Å². The molecule has 1 heterocycles. The summed E-state index contributed by atoms with van der Waals surface area (Å²) < 4.78 is 16.2. The Morgan fingerprint density at radius 1 is 1.08 bits per heavy atom. The number of carbonyl (C=O) groups is 2. The number of hydrogen-bond acceptors (Lipinski definition) is 5. The minimum atomic E-state index is -0.421. The van der Waals surface area contributed by atoms with Crippen LogP contribution in [0, 0.1) is 0 Å². The Morgan fingerprint density at radius 3 is 2.56 bits per heavy atom. The van der Waals surface area contributed by atoms with Crippen molar-refractivity contribution >= 4 is 17.8 Å². The zero-order chi connectivity index (χ0) is 18.2. The van der Waals surface area contributed by atoms with Gasteiger partial charge in [-0.2, -0.15) is 0 Å². The first kappa shape index (κ1) is 19.0. The van der Waals surface area contributed by atoms with E-state index in [1.54, 1.807) is 19.2 Å². The summed E-state index contributed by atoms with van der Waals surface area (Å²) in [7, 11) is 3.09. The van der Waals surface area contributed by atoms with Crippen molar-refractivity contribution in [2.24, 2.45) is 0 Å². The molecule has 2 rings (SSSR count). The van der Waals surface area contributed by atoms with Crippen molar-refractivity contribution in [2.75, 3.05) is 14.2 Å². The minimum absolute atomic E-state index is 0.258. The summed E-state index contributed by atoms with van der Waals surface area (Å²) in [6.45, 7) is 1.85. The highest BCUT2D eigenvalue weighted by molar-refractivity contribution is 5.97. The van der Waals surface area contributed by atoms with Gasteiger partial charge in [-0.25, -0.2) is 4.79 Å². The molecule has 0 aromatic heterocycles. The van der Waals surface area contributed by atoms with Crippen molar-refractivity contribution in [3.05, 3.63) is 29.3 Å². The van der Waals surface area contributed by atoms with Gasteiger partial charge >= 0.3 is 5.97 Å². The fraction of sp³-hybridized carbons (Fsp3) is 0.500. The number of allylic oxidation sites excluding steroid dienone is 1. The summed E-state index contributed by atoms with van der Waals surface area (Å²) in [5.74, 6) is 0.888. The Bertz CT molecular complexity index is 648. The largest absolute Gasteiger partial charge is 0.497 e. The SMILES string of the molecule is COc1cc2c(c(OC)c1)C(=O)O[C@@H](C)CCCC(=O)CCCC=C2. The zero-order valence-electron chi connectivity index (χ0n) is 15.2. The Hall–Kier alpha value is -2.30. The van der Waals surface area contributed by atoms with E-state index in [4.69, 9.17) is 14.2 Å². The second-order valence-corrected chi connectivity index (χ2v) is 6.24. The van der Waals surface area contributed by atoms with Crippen LogP contribution in [0.2, 0.25) is 0 Å². The van der Waals surface area contributed by atoms with E-state index in [2.05, 4.69) is 0 Å². The van der Waals surface area contributed by atoms with Crippen LogP contribution < -0.4 is 9.47 Å². The molecule has 0 spiro atoms. The van der Waals surface area contributed by atoms with E-state index in [1.807, 2.05) is 19.1 Å². The van der Waals surface area contributed by atoms with E-state index < -0.39 is 5.97 Å². The van der Waals surface area contributed by atoms with Crippen LogP contribution in [0.5, 0.6) is 11.5 Å². The lowest BCUT2D eigenvalue weighted by molar-refractivity contribution is -0.119. The third kappa shape index (κ3) is 5.34. The van der Waals surface area contributed by atoms with Crippen molar-refractivity contribution < 1.29 is 23.8 Å². The average molecular weight is 346 g/mol. The van der Waals surface area contributed by atoms with Crippen LogP contribution in [-0.2, 0) is 9.53 Å².